The second kappa shape index (κ2) is 11.1. The van der Waals surface area contributed by atoms with Crippen LogP contribution in [0.15, 0.2) is 23.0 Å². The maximum absolute atomic E-state index is 4.61. The maximum Gasteiger partial charge on any atom is 0.191 e. The predicted molar refractivity (Wildman–Crippen MR) is 99.5 cm³/mol. The van der Waals surface area contributed by atoms with Crippen LogP contribution in [0.5, 0.6) is 0 Å². The smallest absolute Gasteiger partial charge is 0.191 e. The van der Waals surface area contributed by atoms with E-state index < -0.39 is 0 Å². The van der Waals surface area contributed by atoms with Crippen LogP contribution < -0.4 is 10.6 Å². The molecule has 6 heteroatoms. The van der Waals surface area contributed by atoms with Gasteiger partial charge in [-0.3, -0.25) is 4.99 Å². The van der Waals surface area contributed by atoms with Crippen molar-refractivity contribution in [1.82, 2.24) is 15.6 Å². The lowest BCUT2D eigenvalue weighted by Crippen LogP contribution is -2.37. The molecule has 1 rings (SSSR count). The van der Waals surface area contributed by atoms with Crippen molar-refractivity contribution in [3.8, 4) is 0 Å². The van der Waals surface area contributed by atoms with Crippen molar-refractivity contribution in [2.24, 2.45) is 4.99 Å². The number of nitrogens with zero attached hydrogens (tertiary/aromatic N) is 2. The van der Waals surface area contributed by atoms with Crippen LogP contribution in [0, 0.1) is 0 Å². The third-order valence-corrected chi connectivity index (χ3v) is 3.65. The molecule has 0 radical (unpaired) electrons. The molecule has 0 aliphatic heterocycles. The molecular weight excluding hydrogens is 383 g/mol. The second-order valence-electron chi connectivity index (χ2n) is 4.51. The molecule has 1 heterocycles. The van der Waals surface area contributed by atoms with Crippen molar-refractivity contribution in [1.29, 1.82) is 0 Å². The van der Waals surface area contributed by atoms with Crippen molar-refractivity contribution in [2.45, 2.75) is 33.1 Å². The summed E-state index contributed by atoms with van der Waals surface area (Å²) in [7, 11) is 0. The quantitative estimate of drug-likeness (QED) is 0.315. The van der Waals surface area contributed by atoms with Crippen LogP contribution >= 0.6 is 35.3 Å². The lowest BCUT2D eigenvalue weighted by molar-refractivity contribution is 0.821. The van der Waals surface area contributed by atoms with Crippen molar-refractivity contribution < 1.29 is 0 Å². The van der Waals surface area contributed by atoms with E-state index in [-0.39, 0.29) is 24.0 Å². The van der Waals surface area contributed by atoms with Gasteiger partial charge in [-0.05, 0) is 6.92 Å². The van der Waals surface area contributed by atoms with E-state index in [4.69, 9.17) is 0 Å². The summed E-state index contributed by atoms with van der Waals surface area (Å²) in [6.45, 7) is 12.4. The summed E-state index contributed by atoms with van der Waals surface area (Å²) in [5.74, 6) is 1.34. The first-order valence-corrected chi connectivity index (χ1v) is 7.62. The van der Waals surface area contributed by atoms with Gasteiger partial charge in [-0.25, -0.2) is 4.98 Å². The first-order valence-electron chi connectivity index (χ1n) is 6.74. The zero-order valence-corrected chi connectivity index (χ0v) is 15.6. The third kappa shape index (κ3) is 7.23. The van der Waals surface area contributed by atoms with Crippen LogP contribution in [0.4, 0.5) is 0 Å². The lowest BCUT2D eigenvalue weighted by atomic mass is 10.2. The average molecular weight is 408 g/mol. The zero-order valence-electron chi connectivity index (χ0n) is 12.5. The molecule has 20 heavy (non-hydrogen) atoms. The summed E-state index contributed by atoms with van der Waals surface area (Å²) in [6.07, 6.45) is 2.70. The van der Waals surface area contributed by atoms with Gasteiger partial charge in [0.2, 0.25) is 0 Å². The van der Waals surface area contributed by atoms with Crippen LogP contribution in [-0.4, -0.2) is 30.6 Å². The molecule has 0 aliphatic carbocycles. The highest BCUT2D eigenvalue weighted by molar-refractivity contribution is 14.0. The number of guanidine groups is 1. The minimum atomic E-state index is 0. The predicted octanol–water partition coefficient (Wildman–Crippen LogP) is 3.17. The molecule has 0 saturated carbocycles. The molecule has 0 unspecified atom stereocenters. The largest absolute Gasteiger partial charge is 0.357 e. The van der Waals surface area contributed by atoms with E-state index in [1.165, 1.54) is 5.01 Å². The van der Waals surface area contributed by atoms with Gasteiger partial charge < -0.3 is 10.6 Å². The Kier molecular flexibility index (Phi) is 10.7. The fourth-order valence-electron chi connectivity index (χ4n) is 1.50. The number of halogens is 1. The van der Waals surface area contributed by atoms with Crippen molar-refractivity contribution in [3.05, 3.63) is 28.7 Å². The highest BCUT2D eigenvalue weighted by Gasteiger charge is 2.05. The number of aliphatic imine (C=N–C) groups is 1. The van der Waals surface area contributed by atoms with Gasteiger partial charge in [0.25, 0.3) is 0 Å². The van der Waals surface area contributed by atoms with Gasteiger partial charge in [0, 0.05) is 37.4 Å². The fourth-order valence-corrected chi connectivity index (χ4v) is 2.36. The Hall–Kier alpha value is -0.630. The summed E-state index contributed by atoms with van der Waals surface area (Å²) in [6, 6.07) is 0. The summed E-state index contributed by atoms with van der Waals surface area (Å²) in [4.78, 5) is 9.12. The molecule has 0 saturated heterocycles. The number of nitrogens with one attached hydrogen (secondary N) is 2. The topological polar surface area (TPSA) is 49.3 Å². The van der Waals surface area contributed by atoms with Gasteiger partial charge in [-0.15, -0.1) is 41.9 Å². The molecule has 0 aromatic carbocycles. The monoisotopic (exact) mass is 408 g/mol. The van der Waals surface area contributed by atoms with Crippen molar-refractivity contribution in [3.63, 3.8) is 0 Å². The minimum Gasteiger partial charge on any atom is -0.357 e. The normalized spacial score (nSPS) is 11.1. The molecule has 1 aromatic rings. The van der Waals surface area contributed by atoms with Crippen LogP contribution in [0.2, 0.25) is 0 Å². The molecular formula is C14H25IN4S. The number of aromatic nitrogens is 1. The fraction of sp³-hybridized carbons (Fsp3) is 0.571. The van der Waals surface area contributed by atoms with Gasteiger partial charge in [0.15, 0.2) is 5.96 Å². The van der Waals surface area contributed by atoms with E-state index in [1.54, 1.807) is 11.3 Å². The molecule has 1 aromatic heterocycles. The summed E-state index contributed by atoms with van der Waals surface area (Å²) in [5.41, 5.74) is 1.14. The average Bonchev–Trinajstić information content (AvgIpc) is 2.85. The molecule has 2 N–H and O–H groups in total. The van der Waals surface area contributed by atoms with E-state index in [9.17, 15) is 0 Å². The minimum absolute atomic E-state index is 0. The van der Waals surface area contributed by atoms with Gasteiger partial charge in [0.1, 0.15) is 0 Å². The summed E-state index contributed by atoms with van der Waals surface area (Å²) >= 11 is 1.74. The standard InChI is InChI=1S/C14H24N4S.HI/c1-5-8-16-14(15-6-2)17-9-7-12-10-19-13(18-12)11(3)4;/h5,10-11H,1,6-9H2,2-4H3,(H2,15,16,17);1H. The Labute approximate surface area is 143 Å². The number of thiazole rings is 1. The molecule has 4 nitrogen and oxygen atoms in total. The van der Waals surface area contributed by atoms with Crippen molar-refractivity contribution in [2.75, 3.05) is 19.6 Å². The zero-order chi connectivity index (χ0) is 14.1. The van der Waals surface area contributed by atoms with Gasteiger partial charge in [0.05, 0.1) is 10.7 Å². The Morgan fingerprint density at radius 1 is 1.50 bits per heavy atom. The van der Waals surface area contributed by atoms with E-state index in [1.807, 2.05) is 6.08 Å². The molecule has 0 bridgehead atoms. The summed E-state index contributed by atoms with van der Waals surface area (Å²) < 4.78 is 0. The second-order valence-corrected chi connectivity index (χ2v) is 5.40. The molecule has 0 fully saturated rings. The number of hydrogen-bond acceptors (Lipinski definition) is 3. The highest BCUT2D eigenvalue weighted by atomic mass is 127. The van der Waals surface area contributed by atoms with Gasteiger partial charge >= 0.3 is 0 Å². The molecule has 0 spiro atoms. The third-order valence-electron chi connectivity index (χ3n) is 2.46. The van der Waals surface area contributed by atoms with Gasteiger partial charge in [-0.1, -0.05) is 19.9 Å². The molecule has 0 amide bonds. The Morgan fingerprint density at radius 2 is 2.25 bits per heavy atom. The van der Waals surface area contributed by atoms with Crippen LogP contribution in [0.25, 0.3) is 0 Å². The Bertz CT molecular complexity index is 415. The van der Waals surface area contributed by atoms with Crippen molar-refractivity contribution >= 4 is 41.3 Å². The number of rotatable bonds is 7. The highest BCUT2D eigenvalue weighted by Crippen LogP contribution is 2.19. The van der Waals surface area contributed by atoms with Crippen LogP contribution in [-0.2, 0) is 6.42 Å². The first-order chi connectivity index (χ1) is 9.17. The Balaban J connectivity index is 0.00000361. The van der Waals surface area contributed by atoms with E-state index >= 15 is 0 Å². The maximum atomic E-state index is 4.61. The van der Waals surface area contributed by atoms with E-state index in [0.29, 0.717) is 5.92 Å². The van der Waals surface area contributed by atoms with Gasteiger partial charge in [-0.2, -0.15) is 0 Å². The van der Waals surface area contributed by atoms with E-state index in [2.05, 4.69) is 53.3 Å². The molecule has 114 valence electrons. The molecule has 0 aliphatic rings. The molecule has 0 atom stereocenters. The SMILES string of the molecule is C=CCNC(=NCCc1csc(C(C)C)n1)NCC.I. The lowest BCUT2D eigenvalue weighted by Gasteiger charge is -2.08. The van der Waals surface area contributed by atoms with Crippen LogP contribution in [0.1, 0.15) is 37.4 Å². The summed E-state index contributed by atoms with van der Waals surface area (Å²) in [5, 5.41) is 9.72. The van der Waals surface area contributed by atoms with E-state index in [0.717, 1.165) is 37.7 Å². The number of hydrogen-bond donors (Lipinski definition) is 2. The van der Waals surface area contributed by atoms with Crippen LogP contribution in [0.3, 0.4) is 0 Å². The first kappa shape index (κ1) is 19.4. The Morgan fingerprint density at radius 3 is 2.80 bits per heavy atom.